The molecule has 2 aliphatic heterocycles. The van der Waals surface area contributed by atoms with Gasteiger partial charge in [0, 0.05) is 0 Å². The van der Waals surface area contributed by atoms with E-state index in [0.717, 1.165) is 41.0 Å². The summed E-state index contributed by atoms with van der Waals surface area (Å²) in [5.41, 5.74) is 0.269. The van der Waals surface area contributed by atoms with Crippen molar-refractivity contribution in [1.29, 1.82) is 0 Å². The van der Waals surface area contributed by atoms with Gasteiger partial charge in [-0.05, 0) is 70.7 Å². The molecule has 1 saturated heterocycles. The SMILES string of the molecule is FC(F)(F)c1ccc(C2(c3ccc(C(F)(F)F)cc3)C3=CC4=CC=CCC4=CC34C=CC2O4)cc1. The van der Waals surface area contributed by atoms with Crippen LogP contribution in [-0.4, -0.2) is 11.7 Å². The summed E-state index contributed by atoms with van der Waals surface area (Å²) in [5, 5.41) is 0. The zero-order valence-corrected chi connectivity index (χ0v) is 18.1. The summed E-state index contributed by atoms with van der Waals surface area (Å²) in [7, 11) is 0. The van der Waals surface area contributed by atoms with Crippen molar-refractivity contribution in [1.82, 2.24) is 0 Å². The van der Waals surface area contributed by atoms with Crippen LogP contribution in [0.1, 0.15) is 28.7 Å². The maximum Gasteiger partial charge on any atom is 0.416 e. The van der Waals surface area contributed by atoms with Gasteiger partial charge < -0.3 is 4.74 Å². The molecule has 4 aliphatic rings. The van der Waals surface area contributed by atoms with E-state index in [1.807, 2.05) is 42.5 Å². The summed E-state index contributed by atoms with van der Waals surface area (Å²) in [4.78, 5) is 0. The Morgan fingerprint density at radius 3 is 1.91 bits per heavy atom. The normalized spacial score (nSPS) is 26.1. The second-order valence-electron chi connectivity index (χ2n) is 9.13. The number of alkyl halides is 6. The van der Waals surface area contributed by atoms with E-state index in [1.165, 1.54) is 24.3 Å². The molecule has 1 nitrogen and oxygen atoms in total. The molecule has 2 bridgehead atoms. The minimum absolute atomic E-state index is 0.525. The van der Waals surface area contributed by atoms with Gasteiger partial charge >= 0.3 is 12.4 Å². The largest absolute Gasteiger partial charge is 0.416 e. The van der Waals surface area contributed by atoms with Crippen molar-refractivity contribution in [2.45, 2.75) is 35.9 Å². The van der Waals surface area contributed by atoms with Gasteiger partial charge in [0.2, 0.25) is 0 Å². The fraction of sp³-hybridized carbons (Fsp3) is 0.214. The number of fused-ring (bicyclic) bond motifs is 2. The minimum Gasteiger partial charge on any atom is -0.353 e. The van der Waals surface area contributed by atoms with Crippen LogP contribution in [0.5, 0.6) is 0 Å². The monoisotopic (exact) mass is 484 g/mol. The van der Waals surface area contributed by atoms with Gasteiger partial charge in [-0.1, -0.05) is 54.6 Å². The molecule has 2 aromatic carbocycles. The van der Waals surface area contributed by atoms with E-state index in [1.54, 1.807) is 0 Å². The Hall–Kier alpha value is -3.32. The number of allylic oxidation sites excluding steroid dienone is 6. The summed E-state index contributed by atoms with van der Waals surface area (Å²) < 4.78 is 86.3. The van der Waals surface area contributed by atoms with Crippen LogP contribution >= 0.6 is 0 Å². The molecular formula is C28H18F6O. The molecule has 2 aliphatic carbocycles. The molecule has 2 unspecified atom stereocenters. The van der Waals surface area contributed by atoms with Crippen LogP contribution in [0, 0.1) is 0 Å². The molecular weight excluding hydrogens is 466 g/mol. The lowest BCUT2D eigenvalue weighted by Crippen LogP contribution is -2.41. The van der Waals surface area contributed by atoms with Gasteiger partial charge in [-0.25, -0.2) is 0 Å². The smallest absolute Gasteiger partial charge is 0.353 e. The number of benzene rings is 2. The third kappa shape index (κ3) is 3.14. The van der Waals surface area contributed by atoms with E-state index >= 15 is 0 Å². The highest BCUT2D eigenvalue weighted by atomic mass is 19.4. The highest BCUT2D eigenvalue weighted by Crippen LogP contribution is 2.61. The van der Waals surface area contributed by atoms with Crippen molar-refractivity contribution in [3.05, 3.63) is 130 Å². The van der Waals surface area contributed by atoms with Crippen LogP contribution in [0.2, 0.25) is 0 Å². The van der Waals surface area contributed by atoms with Crippen molar-refractivity contribution in [2.75, 3.05) is 0 Å². The second kappa shape index (κ2) is 7.10. The summed E-state index contributed by atoms with van der Waals surface area (Å²) in [6.45, 7) is 0. The highest BCUT2D eigenvalue weighted by molar-refractivity contribution is 5.69. The topological polar surface area (TPSA) is 9.23 Å². The number of hydrogen-bond donors (Lipinski definition) is 0. The van der Waals surface area contributed by atoms with Gasteiger partial charge in [-0.3, -0.25) is 0 Å². The van der Waals surface area contributed by atoms with Crippen LogP contribution in [0.25, 0.3) is 0 Å². The molecule has 1 fully saturated rings. The maximum atomic E-state index is 13.3. The fourth-order valence-electron chi connectivity index (χ4n) is 5.69. The Bertz CT molecular complexity index is 1290. The lowest BCUT2D eigenvalue weighted by Gasteiger charge is -2.40. The van der Waals surface area contributed by atoms with Gasteiger partial charge in [0.25, 0.3) is 0 Å². The van der Waals surface area contributed by atoms with Crippen LogP contribution in [0.15, 0.2) is 108 Å². The number of halogens is 6. The van der Waals surface area contributed by atoms with E-state index in [2.05, 4.69) is 0 Å². The molecule has 7 heteroatoms. The van der Waals surface area contributed by atoms with Crippen LogP contribution in [-0.2, 0) is 22.5 Å². The molecule has 0 saturated carbocycles. The molecule has 2 atom stereocenters. The third-order valence-electron chi connectivity index (χ3n) is 7.26. The Balaban J connectivity index is 1.60. The first kappa shape index (κ1) is 22.2. The molecule has 0 aromatic heterocycles. The van der Waals surface area contributed by atoms with Crippen LogP contribution < -0.4 is 0 Å². The average Bonchev–Trinajstić information content (AvgIpc) is 3.35. The van der Waals surface area contributed by atoms with E-state index < -0.39 is 40.6 Å². The molecule has 1 spiro atoms. The molecule has 0 N–H and O–H groups in total. The Morgan fingerprint density at radius 2 is 1.37 bits per heavy atom. The van der Waals surface area contributed by atoms with Gasteiger partial charge in [0.15, 0.2) is 0 Å². The molecule has 178 valence electrons. The van der Waals surface area contributed by atoms with Gasteiger partial charge in [-0.2, -0.15) is 26.3 Å². The minimum atomic E-state index is -4.51. The first-order valence-electron chi connectivity index (χ1n) is 11.1. The summed E-state index contributed by atoms with van der Waals surface area (Å²) in [6, 6.07) is 9.66. The third-order valence-corrected chi connectivity index (χ3v) is 7.26. The number of rotatable bonds is 2. The standard InChI is InChI=1S/C28H18F6O/c29-27(30,31)21-9-5-19(6-10-21)26(20-7-11-22(12-8-20)28(32,33)34)23-15-17-3-1-2-4-18(17)16-25(23)14-13-24(26)35-25/h1-3,5-16,24H,4H2. The lowest BCUT2D eigenvalue weighted by atomic mass is 9.59. The number of hydrogen-bond acceptors (Lipinski definition) is 1. The summed E-state index contributed by atoms with van der Waals surface area (Å²) >= 11 is 0. The number of ether oxygens (including phenoxy) is 1. The second-order valence-corrected chi connectivity index (χ2v) is 9.13. The predicted octanol–water partition coefficient (Wildman–Crippen LogP) is 7.47. The molecule has 0 amide bonds. The van der Waals surface area contributed by atoms with Gasteiger partial charge in [-0.15, -0.1) is 0 Å². The summed E-state index contributed by atoms with van der Waals surface area (Å²) in [6.07, 6.45) is 4.80. The molecule has 35 heavy (non-hydrogen) atoms. The lowest BCUT2D eigenvalue weighted by molar-refractivity contribution is -0.138. The molecule has 2 heterocycles. The Morgan fingerprint density at radius 1 is 0.800 bits per heavy atom. The van der Waals surface area contributed by atoms with E-state index in [9.17, 15) is 26.3 Å². The highest BCUT2D eigenvalue weighted by Gasteiger charge is 2.63. The van der Waals surface area contributed by atoms with Crippen molar-refractivity contribution < 1.29 is 31.1 Å². The Labute approximate surface area is 197 Å². The van der Waals surface area contributed by atoms with E-state index in [0.29, 0.717) is 17.5 Å². The van der Waals surface area contributed by atoms with Crippen LogP contribution in [0.3, 0.4) is 0 Å². The predicted molar refractivity (Wildman–Crippen MR) is 118 cm³/mol. The molecule has 6 rings (SSSR count). The molecule has 2 aromatic rings. The van der Waals surface area contributed by atoms with Crippen molar-refractivity contribution in [2.24, 2.45) is 0 Å². The van der Waals surface area contributed by atoms with Crippen molar-refractivity contribution in [3.8, 4) is 0 Å². The average molecular weight is 484 g/mol. The zero-order valence-electron chi connectivity index (χ0n) is 18.1. The van der Waals surface area contributed by atoms with Crippen molar-refractivity contribution >= 4 is 0 Å². The quantitative estimate of drug-likeness (QED) is 0.317. The first-order valence-corrected chi connectivity index (χ1v) is 11.1. The maximum absolute atomic E-state index is 13.3. The zero-order chi connectivity index (χ0) is 24.6. The summed E-state index contributed by atoms with van der Waals surface area (Å²) in [5.74, 6) is 0. The van der Waals surface area contributed by atoms with E-state index in [-0.39, 0.29) is 0 Å². The van der Waals surface area contributed by atoms with Crippen molar-refractivity contribution in [3.63, 3.8) is 0 Å². The van der Waals surface area contributed by atoms with Gasteiger partial charge in [0.05, 0.1) is 22.6 Å². The van der Waals surface area contributed by atoms with Gasteiger partial charge in [0.1, 0.15) is 5.60 Å². The first-order chi connectivity index (χ1) is 16.5. The van der Waals surface area contributed by atoms with Crippen LogP contribution in [0.4, 0.5) is 26.3 Å². The van der Waals surface area contributed by atoms with E-state index in [4.69, 9.17) is 4.74 Å². The molecule has 0 radical (unpaired) electrons. The Kier molecular flexibility index (Phi) is 4.50. The fourth-order valence-corrected chi connectivity index (χ4v) is 5.69.